The predicted octanol–water partition coefficient (Wildman–Crippen LogP) is 4.35. The van der Waals surface area contributed by atoms with Gasteiger partial charge in [0, 0.05) is 28.7 Å². The summed E-state index contributed by atoms with van der Waals surface area (Å²) in [6, 6.07) is 5.80. The van der Waals surface area contributed by atoms with Crippen molar-refractivity contribution < 1.29 is 0 Å². The van der Waals surface area contributed by atoms with Crippen LogP contribution < -0.4 is 5.32 Å². The SMILES string of the molecule is CCC1(CC)CN(Cc2ccc(Cl)cc2Cl)CCCN1. The molecule has 1 saturated heterocycles. The summed E-state index contributed by atoms with van der Waals surface area (Å²) >= 11 is 12.3. The van der Waals surface area contributed by atoms with E-state index in [4.69, 9.17) is 23.2 Å². The fraction of sp³-hybridized carbons (Fsp3) is 0.625. The second-order valence-corrected chi connectivity index (χ2v) is 6.56. The zero-order valence-corrected chi connectivity index (χ0v) is 13.9. The van der Waals surface area contributed by atoms with Crippen LogP contribution in [-0.4, -0.2) is 30.1 Å². The Labute approximate surface area is 132 Å². The van der Waals surface area contributed by atoms with Crippen LogP contribution in [0.15, 0.2) is 18.2 Å². The highest BCUT2D eigenvalue weighted by atomic mass is 35.5. The van der Waals surface area contributed by atoms with E-state index in [9.17, 15) is 0 Å². The van der Waals surface area contributed by atoms with E-state index in [1.807, 2.05) is 18.2 Å². The molecule has 1 aliphatic rings. The maximum atomic E-state index is 6.30. The lowest BCUT2D eigenvalue weighted by Crippen LogP contribution is -2.50. The predicted molar refractivity (Wildman–Crippen MR) is 87.7 cm³/mol. The minimum Gasteiger partial charge on any atom is -0.310 e. The first kappa shape index (κ1) is 16.1. The van der Waals surface area contributed by atoms with Gasteiger partial charge < -0.3 is 5.32 Å². The Morgan fingerprint density at radius 2 is 2.00 bits per heavy atom. The molecule has 0 radical (unpaired) electrons. The first-order valence-electron chi connectivity index (χ1n) is 7.50. The normalized spacial score (nSPS) is 19.8. The average Bonchev–Trinajstić information content (AvgIpc) is 2.65. The van der Waals surface area contributed by atoms with Crippen molar-refractivity contribution in [2.75, 3.05) is 19.6 Å². The summed E-state index contributed by atoms with van der Waals surface area (Å²) in [7, 11) is 0. The Hall–Kier alpha value is -0.280. The molecule has 0 spiro atoms. The van der Waals surface area contributed by atoms with E-state index in [1.165, 1.54) is 12.0 Å². The first-order valence-corrected chi connectivity index (χ1v) is 8.25. The van der Waals surface area contributed by atoms with E-state index in [2.05, 4.69) is 24.1 Å². The maximum Gasteiger partial charge on any atom is 0.0465 e. The molecule has 20 heavy (non-hydrogen) atoms. The molecule has 2 nitrogen and oxygen atoms in total. The summed E-state index contributed by atoms with van der Waals surface area (Å²) in [5.41, 5.74) is 1.41. The van der Waals surface area contributed by atoms with Crippen molar-refractivity contribution in [2.24, 2.45) is 0 Å². The van der Waals surface area contributed by atoms with Crippen molar-refractivity contribution in [1.29, 1.82) is 0 Å². The number of nitrogens with zero attached hydrogens (tertiary/aromatic N) is 1. The summed E-state index contributed by atoms with van der Waals surface area (Å²) in [5.74, 6) is 0. The Morgan fingerprint density at radius 1 is 1.25 bits per heavy atom. The summed E-state index contributed by atoms with van der Waals surface area (Å²) in [6.07, 6.45) is 3.51. The highest BCUT2D eigenvalue weighted by Gasteiger charge is 2.30. The highest BCUT2D eigenvalue weighted by molar-refractivity contribution is 6.35. The number of rotatable bonds is 4. The molecule has 0 aromatic heterocycles. The van der Waals surface area contributed by atoms with Crippen molar-refractivity contribution in [3.8, 4) is 0 Å². The third-order valence-corrected chi connectivity index (χ3v) is 5.03. The molecule has 2 rings (SSSR count). The Bertz CT molecular complexity index is 444. The Kier molecular flexibility index (Phi) is 5.74. The van der Waals surface area contributed by atoms with E-state index in [1.54, 1.807) is 0 Å². The molecule has 1 aromatic rings. The van der Waals surface area contributed by atoms with E-state index in [0.717, 1.165) is 44.0 Å². The molecule has 1 aromatic carbocycles. The number of halogens is 2. The van der Waals surface area contributed by atoms with Crippen LogP contribution in [0.25, 0.3) is 0 Å². The highest BCUT2D eigenvalue weighted by Crippen LogP contribution is 2.25. The van der Waals surface area contributed by atoms with Crippen molar-refractivity contribution in [3.05, 3.63) is 33.8 Å². The first-order chi connectivity index (χ1) is 9.58. The second kappa shape index (κ2) is 7.13. The molecule has 4 heteroatoms. The summed E-state index contributed by atoms with van der Waals surface area (Å²) < 4.78 is 0. The van der Waals surface area contributed by atoms with Crippen LogP contribution in [0.4, 0.5) is 0 Å². The lowest BCUT2D eigenvalue weighted by atomic mass is 9.92. The van der Waals surface area contributed by atoms with Gasteiger partial charge in [0.2, 0.25) is 0 Å². The van der Waals surface area contributed by atoms with Crippen molar-refractivity contribution in [3.63, 3.8) is 0 Å². The van der Waals surface area contributed by atoms with E-state index < -0.39 is 0 Å². The topological polar surface area (TPSA) is 15.3 Å². The summed E-state index contributed by atoms with van der Waals surface area (Å²) in [4.78, 5) is 2.52. The molecule has 0 saturated carbocycles. The molecule has 1 aliphatic heterocycles. The second-order valence-electron chi connectivity index (χ2n) is 5.71. The molecule has 1 heterocycles. The van der Waals surface area contributed by atoms with E-state index >= 15 is 0 Å². The van der Waals surface area contributed by atoms with Gasteiger partial charge in [0.1, 0.15) is 0 Å². The van der Waals surface area contributed by atoms with Gasteiger partial charge in [-0.2, -0.15) is 0 Å². The molecule has 0 bridgehead atoms. The third-order valence-electron chi connectivity index (χ3n) is 4.44. The molecule has 0 atom stereocenters. The molecule has 1 fully saturated rings. The molecule has 0 aliphatic carbocycles. The summed E-state index contributed by atoms with van der Waals surface area (Å²) in [5, 5.41) is 5.21. The quantitative estimate of drug-likeness (QED) is 0.889. The van der Waals surface area contributed by atoms with E-state index in [0.29, 0.717) is 5.02 Å². The van der Waals surface area contributed by atoms with Crippen LogP contribution in [0.1, 0.15) is 38.7 Å². The van der Waals surface area contributed by atoms with Gasteiger partial charge in [0.15, 0.2) is 0 Å². The van der Waals surface area contributed by atoms with Gasteiger partial charge in [-0.25, -0.2) is 0 Å². The monoisotopic (exact) mass is 314 g/mol. The fourth-order valence-corrected chi connectivity index (χ4v) is 3.44. The molecule has 0 amide bonds. The lowest BCUT2D eigenvalue weighted by molar-refractivity contribution is 0.191. The molecule has 112 valence electrons. The Morgan fingerprint density at radius 3 is 2.65 bits per heavy atom. The number of nitrogens with one attached hydrogen (secondary N) is 1. The standard InChI is InChI=1S/C16H24Cl2N2/c1-3-16(4-2)12-20(9-5-8-19-16)11-13-6-7-14(17)10-15(13)18/h6-7,10,19H,3-5,8-9,11-12H2,1-2H3. The molecular formula is C16H24Cl2N2. The third kappa shape index (κ3) is 3.88. The molecule has 1 N–H and O–H groups in total. The van der Waals surface area contributed by atoms with Crippen LogP contribution in [0.2, 0.25) is 10.0 Å². The lowest BCUT2D eigenvalue weighted by Gasteiger charge is -2.35. The van der Waals surface area contributed by atoms with Gasteiger partial charge >= 0.3 is 0 Å². The minimum absolute atomic E-state index is 0.245. The van der Waals surface area contributed by atoms with Crippen molar-refractivity contribution in [2.45, 2.75) is 45.2 Å². The van der Waals surface area contributed by atoms with Crippen LogP contribution in [0, 0.1) is 0 Å². The number of benzene rings is 1. The van der Waals surface area contributed by atoms with Crippen LogP contribution in [0.3, 0.4) is 0 Å². The van der Waals surface area contributed by atoms with Gasteiger partial charge in [0.25, 0.3) is 0 Å². The van der Waals surface area contributed by atoms with Crippen LogP contribution in [0.5, 0.6) is 0 Å². The zero-order valence-electron chi connectivity index (χ0n) is 12.4. The fourth-order valence-electron chi connectivity index (χ4n) is 2.97. The van der Waals surface area contributed by atoms with E-state index in [-0.39, 0.29) is 5.54 Å². The number of hydrogen-bond acceptors (Lipinski definition) is 2. The average molecular weight is 315 g/mol. The maximum absolute atomic E-state index is 6.30. The van der Waals surface area contributed by atoms with Gasteiger partial charge in [-0.05, 0) is 50.0 Å². The van der Waals surface area contributed by atoms with Crippen molar-refractivity contribution >= 4 is 23.2 Å². The zero-order chi connectivity index (χ0) is 14.6. The largest absolute Gasteiger partial charge is 0.310 e. The molecular weight excluding hydrogens is 291 g/mol. The van der Waals surface area contributed by atoms with Gasteiger partial charge in [-0.3, -0.25) is 4.90 Å². The minimum atomic E-state index is 0.245. The van der Waals surface area contributed by atoms with Gasteiger partial charge in [-0.15, -0.1) is 0 Å². The van der Waals surface area contributed by atoms with Gasteiger partial charge in [0.05, 0.1) is 0 Å². The van der Waals surface area contributed by atoms with Gasteiger partial charge in [-0.1, -0.05) is 43.1 Å². The molecule has 0 unspecified atom stereocenters. The smallest absolute Gasteiger partial charge is 0.0465 e. The number of hydrogen-bond donors (Lipinski definition) is 1. The Balaban J connectivity index is 2.11. The van der Waals surface area contributed by atoms with Crippen LogP contribution in [-0.2, 0) is 6.54 Å². The van der Waals surface area contributed by atoms with Crippen LogP contribution >= 0.6 is 23.2 Å². The summed E-state index contributed by atoms with van der Waals surface area (Å²) in [6.45, 7) is 8.75. The van der Waals surface area contributed by atoms with Crippen molar-refractivity contribution in [1.82, 2.24) is 10.2 Å².